The fraction of sp³-hybridized carbons (Fsp3) is 0.833. The van der Waals surface area contributed by atoms with Crippen molar-refractivity contribution in [2.24, 2.45) is 23.3 Å². The van der Waals surface area contributed by atoms with Crippen LogP contribution in [0.3, 0.4) is 0 Å². The predicted octanol–water partition coefficient (Wildman–Crippen LogP) is -1.06. The smallest absolute Gasteiger partial charge is 0.220 e. The van der Waals surface area contributed by atoms with Gasteiger partial charge in [0.25, 0.3) is 0 Å². The van der Waals surface area contributed by atoms with Crippen LogP contribution in [0.15, 0.2) is 0 Å². The highest BCUT2D eigenvalue weighted by Crippen LogP contribution is 2.10. The van der Waals surface area contributed by atoms with Gasteiger partial charge in [0.15, 0.2) is 0 Å². The fourth-order valence-electron chi connectivity index (χ4n) is 2.21. The molecule has 2 aliphatic rings. The first kappa shape index (κ1) is 14.9. The molecule has 2 saturated heterocycles. The van der Waals surface area contributed by atoms with E-state index in [9.17, 15) is 9.59 Å². The Morgan fingerprint density at radius 1 is 0.722 bits per heavy atom. The zero-order chi connectivity index (χ0) is 13.4. The van der Waals surface area contributed by atoms with Crippen LogP contribution in [0.1, 0.15) is 25.7 Å². The molecule has 18 heavy (non-hydrogen) atoms. The quantitative estimate of drug-likeness (QED) is 0.505. The van der Waals surface area contributed by atoms with E-state index in [2.05, 4.69) is 10.6 Å². The Bertz CT molecular complexity index is 243. The third kappa shape index (κ3) is 5.46. The van der Waals surface area contributed by atoms with Crippen LogP contribution in [0, 0.1) is 11.8 Å². The van der Waals surface area contributed by atoms with Gasteiger partial charge in [-0.1, -0.05) is 0 Å². The van der Waals surface area contributed by atoms with Crippen molar-refractivity contribution in [2.45, 2.75) is 25.7 Å². The number of carbonyl (C=O) groups excluding carboxylic acids is 2. The monoisotopic (exact) mass is 256 g/mol. The summed E-state index contributed by atoms with van der Waals surface area (Å²) in [6.07, 6.45) is 3.65. The standard InChI is InChI=1S/2C6H12N2O/c2*7-6(9)5-1-3-8-4-2-5/h2*5,8H,1-4H2,(H2,7,9). The topological polar surface area (TPSA) is 110 Å². The van der Waals surface area contributed by atoms with Crippen molar-refractivity contribution in [3.63, 3.8) is 0 Å². The summed E-state index contributed by atoms with van der Waals surface area (Å²) < 4.78 is 0. The molecule has 0 aromatic heterocycles. The second-order valence-corrected chi connectivity index (χ2v) is 4.85. The average Bonchev–Trinajstić information content (AvgIpc) is 2.41. The maximum Gasteiger partial charge on any atom is 0.220 e. The Balaban J connectivity index is 0.000000180. The summed E-state index contributed by atoms with van der Waals surface area (Å²) in [7, 11) is 0. The van der Waals surface area contributed by atoms with E-state index in [1.807, 2.05) is 0 Å². The van der Waals surface area contributed by atoms with E-state index in [0.29, 0.717) is 0 Å². The van der Waals surface area contributed by atoms with Crippen molar-refractivity contribution < 1.29 is 9.59 Å². The highest BCUT2D eigenvalue weighted by atomic mass is 16.1. The molecule has 0 spiro atoms. The van der Waals surface area contributed by atoms with Gasteiger partial charge in [-0.3, -0.25) is 9.59 Å². The van der Waals surface area contributed by atoms with E-state index >= 15 is 0 Å². The minimum Gasteiger partial charge on any atom is -0.369 e. The number of nitrogens with two attached hydrogens (primary N) is 2. The van der Waals surface area contributed by atoms with Gasteiger partial charge in [-0.15, -0.1) is 0 Å². The molecular weight excluding hydrogens is 232 g/mol. The van der Waals surface area contributed by atoms with Crippen LogP contribution in [-0.2, 0) is 9.59 Å². The third-order valence-corrected chi connectivity index (χ3v) is 3.48. The minimum absolute atomic E-state index is 0.131. The molecule has 0 aromatic rings. The van der Waals surface area contributed by atoms with Crippen molar-refractivity contribution in [3.05, 3.63) is 0 Å². The number of amides is 2. The maximum atomic E-state index is 10.5. The van der Waals surface area contributed by atoms with Gasteiger partial charge >= 0.3 is 0 Å². The molecule has 6 heteroatoms. The van der Waals surface area contributed by atoms with Crippen LogP contribution in [-0.4, -0.2) is 38.0 Å². The van der Waals surface area contributed by atoms with Gasteiger partial charge in [0, 0.05) is 11.8 Å². The summed E-state index contributed by atoms with van der Waals surface area (Å²) in [6.45, 7) is 3.75. The molecule has 6 N–H and O–H groups in total. The second kappa shape index (κ2) is 8.05. The normalized spacial score (nSPS) is 21.8. The number of hydrogen-bond acceptors (Lipinski definition) is 4. The SMILES string of the molecule is NC(=O)C1CCNCC1.NC(=O)C1CCNCC1. The lowest BCUT2D eigenvalue weighted by atomic mass is 9.98. The van der Waals surface area contributed by atoms with Crippen LogP contribution in [0.4, 0.5) is 0 Å². The van der Waals surface area contributed by atoms with Gasteiger partial charge in [-0.05, 0) is 51.9 Å². The third-order valence-electron chi connectivity index (χ3n) is 3.48. The first-order valence-electron chi connectivity index (χ1n) is 6.61. The van der Waals surface area contributed by atoms with Gasteiger partial charge < -0.3 is 22.1 Å². The zero-order valence-electron chi connectivity index (χ0n) is 10.8. The molecule has 0 aliphatic carbocycles. The van der Waals surface area contributed by atoms with E-state index in [1.165, 1.54) is 0 Å². The van der Waals surface area contributed by atoms with Gasteiger partial charge in [0.1, 0.15) is 0 Å². The second-order valence-electron chi connectivity index (χ2n) is 4.85. The molecule has 6 nitrogen and oxygen atoms in total. The minimum atomic E-state index is -0.142. The Kier molecular flexibility index (Phi) is 6.67. The summed E-state index contributed by atoms with van der Waals surface area (Å²) in [5.74, 6) is -0.0227. The van der Waals surface area contributed by atoms with Gasteiger partial charge in [-0.2, -0.15) is 0 Å². The van der Waals surface area contributed by atoms with Crippen molar-refractivity contribution in [1.29, 1.82) is 0 Å². The largest absolute Gasteiger partial charge is 0.369 e. The molecule has 104 valence electrons. The van der Waals surface area contributed by atoms with E-state index in [1.54, 1.807) is 0 Å². The van der Waals surface area contributed by atoms with Crippen LogP contribution in [0.2, 0.25) is 0 Å². The summed E-state index contributed by atoms with van der Waals surface area (Å²) in [5, 5.41) is 6.32. The lowest BCUT2D eigenvalue weighted by Gasteiger charge is -2.18. The highest BCUT2D eigenvalue weighted by Gasteiger charge is 2.17. The zero-order valence-corrected chi connectivity index (χ0v) is 10.8. The summed E-state index contributed by atoms with van der Waals surface area (Å²) in [4.78, 5) is 21.1. The Morgan fingerprint density at radius 3 is 1.17 bits per heavy atom. The number of hydrogen-bond donors (Lipinski definition) is 4. The van der Waals surface area contributed by atoms with E-state index in [-0.39, 0.29) is 23.7 Å². The van der Waals surface area contributed by atoms with Crippen molar-refractivity contribution in [2.75, 3.05) is 26.2 Å². The Hall–Kier alpha value is -1.14. The van der Waals surface area contributed by atoms with Crippen LogP contribution in [0.5, 0.6) is 0 Å². The average molecular weight is 256 g/mol. The number of carbonyl (C=O) groups is 2. The van der Waals surface area contributed by atoms with Gasteiger partial charge in [-0.25, -0.2) is 0 Å². The van der Waals surface area contributed by atoms with E-state index < -0.39 is 0 Å². The molecule has 0 unspecified atom stereocenters. The molecule has 2 amide bonds. The number of primary amides is 2. The lowest BCUT2D eigenvalue weighted by molar-refractivity contribution is -0.123. The summed E-state index contributed by atoms with van der Waals surface area (Å²) in [5.41, 5.74) is 10.2. The molecule has 0 atom stereocenters. The first-order chi connectivity index (χ1) is 8.61. The van der Waals surface area contributed by atoms with E-state index in [0.717, 1.165) is 51.9 Å². The molecule has 0 aromatic carbocycles. The molecule has 2 aliphatic heterocycles. The maximum absolute atomic E-state index is 10.5. The molecule has 0 radical (unpaired) electrons. The van der Waals surface area contributed by atoms with E-state index in [4.69, 9.17) is 11.5 Å². The molecular formula is C12H24N4O2. The Morgan fingerprint density at radius 2 is 1.00 bits per heavy atom. The van der Waals surface area contributed by atoms with Crippen LogP contribution in [0.25, 0.3) is 0 Å². The number of rotatable bonds is 2. The molecule has 2 fully saturated rings. The van der Waals surface area contributed by atoms with Gasteiger partial charge in [0.05, 0.1) is 0 Å². The van der Waals surface area contributed by atoms with Crippen molar-refractivity contribution >= 4 is 11.8 Å². The first-order valence-corrected chi connectivity index (χ1v) is 6.61. The fourth-order valence-corrected chi connectivity index (χ4v) is 2.21. The highest BCUT2D eigenvalue weighted by molar-refractivity contribution is 5.77. The molecule has 0 bridgehead atoms. The lowest BCUT2D eigenvalue weighted by Crippen LogP contribution is -2.34. The Labute approximate surface area is 108 Å². The van der Waals surface area contributed by atoms with Crippen LogP contribution < -0.4 is 22.1 Å². The van der Waals surface area contributed by atoms with Gasteiger partial charge in [0.2, 0.25) is 11.8 Å². The number of piperidine rings is 2. The number of nitrogens with one attached hydrogen (secondary N) is 2. The van der Waals surface area contributed by atoms with Crippen molar-refractivity contribution in [3.8, 4) is 0 Å². The summed E-state index contributed by atoms with van der Waals surface area (Å²) in [6, 6.07) is 0. The predicted molar refractivity (Wildman–Crippen MR) is 69.6 cm³/mol. The molecule has 2 heterocycles. The molecule has 0 saturated carbocycles. The summed E-state index contributed by atoms with van der Waals surface area (Å²) >= 11 is 0. The molecule has 2 rings (SSSR count). The van der Waals surface area contributed by atoms with Crippen molar-refractivity contribution in [1.82, 2.24) is 10.6 Å². The van der Waals surface area contributed by atoms with Crippen LogP contribution >= 0.6 is 0 Å².